The molecule has 0 spiro atoms. The fourth-order valence-electron chi connectivity index (χ4n) is 2.35. The van der Waals surface area contributed by atoms with E-state index in [-0.39, 0.29) is 0 Å². The Kier molecular flexibility index (Phi) is 3.26. The van der Waals surface area contributed by atoms with E-state index < -0.39 is 0 Å². The van der Waals surface area contributed by atoms with Crippen LogP contribution in [0.1, 0.15) is 32.7 Å². The molecule has 0 saturated carbocycles. The standard InChI is InChI=1S/C13H14ClNS2/c1-8-2-3-9(16-8)7-15-11-4-5-12-10(11)6-13(14)17-12/h2-3,6,11,15H,4-5,7H2,1H3. The minimum Gasteiger partial charge on any atom is -0.305 e. The smallest absolute Gasteiger partial charge is 0.0934 e. The van der Waals surface area contributed by atoms with Crippen molar-refractivity contribution in [1.82, 2.24) is 5.32 Å². The summed E-state index contributed by atoms with van der Waals surface area (Å²) in [4.78, 5) is 4.26. The van der Waals surface area contributed by atoms with E-state index in [4.69, 9.17) is 11.6 Å². The van der Waals surface area contributed by atoms with Crippen molar-refractivity contribution in [3.63, 3.8) is 0 Å². The van der Waals surface area contributed by atoms with E-state index in [1.54, 1.807) is 11.3 Å². The van der Waals surface area contributed by atoms with Gasteiger partial charge in [-0.25, -0.2) is 0 Å². The summed E-state index contributed by atoms with van der Waals surface area (Å²) in [6.07, 6.45) is 2.39. The van der Waals surface area contributed by atoms with Crippen molar-refractivity contribution in [1.29, 1.82) is 0 Å². The van der Waals surface area contributed by atoms with Gasteiger partial charge in [-0.1, -0.05) is 11.6 Å². The lowest BCUT2D eigenvalue weighted by Gasteiger charge is -2.11. The predicted octanol–water partition coefficient (Wildman–Crippen LogP) is 4.55. The molecule has 90 valence electrons. The first kappa shape index (κ1) is 11.7. The normalized spacial score (nSPS) is 18.6. The van der Waals surface area contributed by atoms with Crippen LogP contribution in [0.4, 0.5) is 0 Å². The van der Waals surface area contributed by atoms with Crippen LogP contribution in [-0.2, 0) is 13.0 Å². The molecule has 2 heterocycles. The van der Waals surface area contributed by atoms with Gasteiger partial charge in [-0.2, -0.15) is 0 Å². The third kappa shape index (κ3) is 2.43. The van der Waals surface area contributed by atoms with Crippen molar-refractivity contribution in [3.05, 3.63) is 42.7 Å². The molecule has 0 radical (unpaired) electrons. The third-order valence-corrected chi connectivity index (χ3v) is 5.51. The molecule has 3 rings (SSSR count). The summed E-state index contributed by atoms with van der Waals surface area (Å²) in [7, 11) is 0. The van der Waals surface area contributed by atoms with Gasteiger partial charge in [0.05, 0.1) is 4.34 Å². The summed E-state index contributed by atoms with van der Waals surface area (Å²) in [5.41, 5.74) is 1.42. The monoisotopic (exact) mass is 283 g/mol. The highest BCUT2D eigenvalue weighted by Gasteiger charge is 2.24. The minimum absolute atomic E-state index is 0.496. The molecule has 1 atom stereocenters. The topological polar surface area (TPSA) is 12.0 Å². The molecular formula is C13H14ClNS2. The highest BCUT2D eigenvalue weighted by Crippen LogP contribution is 2.39. The van der Waals surface area contributed by atoms with Gasteiger partial charge in [0.1, 0.15) is 0 Å². The lowest BCUT2D eigenvalue weighted by molar-refractivity contribution is 0.533. The van der Waals surface area contributed by atoms with Gasteiger partial charge in [-0.15, -0.1) is 22.7 Å². The number of aryl methyl sites for hydroxylation is 2. The van der Waals surface area contributed by atoms with E-state index in [0.717, 1.165) is 10.9 Å². The second-order valence-electron chi connectivity index (χ2n) is 4.41. The van der Waals surface area contributed by atoms with Crippen molar-refractivity contribution >= 4 is 34.3 Å². The van der Waals surface area contributed by atoms with Crippen molar-refractivity contribution in [2.75, 3.05) is 0 Å². The Labute approximate surface area is 114 Å². The molecule has 1 aliphatic carbocycles. The maximum absolute atomic E-state index is 6.06. The first-order chi connectivity index (χ1) is 8.22. The summed E-state index contributed by atoms with van der Waals surface area (Å²) >= 11 is 9.66. The molecule has 4 heteroatoms. The Morgan fingerprint density at radius 1 is 1.41 bits per heavy atom. The zero-order chi connectivity index (χ0) is 11.8. The van der Waals surface area contributed by atoms with E-state index in [0.29, 0.717) is 6.04 Å². The molecule has 0 fully saturated rings. The van der Waals surface area contributed by atoms with E-state index in [1.807, 2.05) is 11.3 Å². The van der Waals surface area contributed by atoms with Gasteiger partial charge in [0.2, 0.25) is 0 Å². The number of hydrogen-bond acceptors (Lipinski definition) is 3. The lowest BCUT2D eigenvalue weighted by atomic mass is 10.2. The van der Waals surface area contributed by atoms with Crippen molar-refractivity contribution in [3.8, 4) is 0 Å². The zero-order valence-corrected chi connectivity index (χ0v) is 12.0. The lowest BCUT2D eigenvalue weighted by Crippen LogP contribution is -2.17. The third-order valence-electron chi connectivity index (χ3n) is 3.17. The fourth-order valence-corrected chi connectivity index (χ4v) is 4.54. The maximum atomic E-state index is 6.06. The summed E-state index contributed by atoms with van der Waals surface area (Å²) in [5, 5.41) is 3.64. The van der Waals surface area contributed by atoms with Gasteiger partial charge < -0.3 is 5.32 Å². The number of thiophene rings is 2. The first-order valence-corrected chi connectivity index (χ1v) is 7.80. The second-order valence-corrected chi connectivity index (χ2v) is 7.55. The summed E-state index contributed by atoms with van der Waals surface area (Å²) in [6, 6.07) is 7.02. The summed E-state index contributed by atoms with van der Waals surface area (Å²) < 4.78 is 0.925. The average Bonchev–Trinajstić information content (AvgIpc) is 2.92. The van der Waals surface area contributed by atoms with Crippen LogP contribution in [0.25, 0.3) is 0 Å². The van der Waals surface area contributed by atoms with Gasteiger partial charge in [0.25, 0.3) is 0 Å². The second kappa shape index (κ2) is 4.73. The van der Waals surface area contributed by atoms with Gasteiger partial charge in [0.15, 0.2) is 0 Å². The molecule has 0 amide bonds. The quantitative estimate of drug-likeness (QED) is 0.871. The Bertz CT molecular complexity index is 529. The predicted molar refractivity (Wildman–Crippen MR) is 76.3 cm³/mol. The minimum atomic E-state index is 0.496. The maximum Gasteiger partial charge on any atom is 0.0934 e. The molecule has 17 heavy (non-hydrogen) atoms. The molecule has 1 aliphatic rings. The fraction of sp³-hybridized carbons (Fsp3) is 0.385. The van der Waals surface area contributed by atoms with Crippen LogP contribution < -0.4 is 5.32 Å². The SMILES string of the molecule is Cc1ccc(CNC2CCc3sc(Cl)cc32)s1. The van der Waals surface area contributed by atoms with E-state index >= 15 is 0 Å². The van der Waals surface area contributed by atoms with Crippen LogP contribution in [-0.4, -0.2) is 0 Å². The van der Waals surface area contributed by atoms with Crippen LogP contribution in [0.2, 0.25) is 4.34 Å². The van der Waals surface area contributed by atoms with E-state index in [1.165, 1.54) is 33.0 Å². The van der Waals surface area contributed by atoms with Gasteiger partial charge in [-0.3, -0.25) is 0 Å². The molecule has 1 unspecified atom stereocenters. The van der Waals surface area contributed by atoms with E-state index in [9.17, 15) is 0 Å². The Morgan fingerprint density at radius 2 is 2.29 bits per heavy atom. The zero-order valence-electron chi connectivity index (χ0n) is 9.63. The van der Waals surface area contributed by atoms with Crippen LogP contribution in [0.5, 0.6) is 0 Å². The Balaban J connectivity index is 1.67. The molecular weight excluding hydrogens is 270 g/mol. The molecule has 0 bridgehead atoms. The first-order valence-electron chi connectivity index (χ1n) is 5.79. The van der Waals surface area contributed by atoms with Gasteiger partial charge in [0, 0.05) is 27.2 Å². The average molecular weight is 284 g/mol. The van der Waals surface area contributed by atoms with Crippen molar-refractivity contribution in [2.24, 2.45) is 0 Å². The molecule has 0 saturated heterocycles. The summed E-state index contributed by atoms with van der Waals surface area (Å²) in [5.74, 6) is 0. The number of rotatable bonds is 3. The number of fused-ring (bicyclic) bond motifs is 1. The Morgan fingerprint density at radius 3 is 3.06 bits per heavy atom. The number of halogens is 1. The van der Waals surface area contributed by atoms with Gasteiger partial charge in [-0.05, 0) is 43.5 Å². The molecule has 0 aromatic carbocycles. The molecule has 2 aromatic rings. The molecule has 2 aromatic heterocycles. The molecule has 1 nitrogen and oxygen atoms in total. The largest absolute Gasteiger partial charge is 0.305 e. The van der Waals surface area contributed by atoms with Gasteiger partial charge >= 0.3 is 0 Å². The van der Waals surface area contributed by atoms with Crippen LogP contribution in [0, 0.1) is 6.92 Å². The summed E-state index contributed by atoms with van der Waals surface area (Å²) in [6.45, 7) is 3.12. The van der Waals surface area contributed by atoms with E-state index in [2.05, 4.69) is 30.4 Å². The van der Waals surface area contributed by atoms with Crippen molar-refractivity contribution < 1.29 is 0 Å². The van der Waals surface area contributed by atoms with Crippen LogP contribution >= 0.6 is 34.3 Å². The number of hydrogen-bond donors (Lipinski definition) is 1. The Hall–Kier alpha value is -0.350. The van der Waals surface area contributed by atoms with Crippen LogP contribution in [0.15, 0.2) is 18.2 Å². The van der Waals surface area contributed by atoms with Crippen LogP contribution in [0.3, 0.4) is 0 Å². The number of nitrogens with one attached hydrogen (secondary N) is 1. The molecule has 0 aliphatic heterocycles. The highest BCUT2D eigenvalue weighted by atomic mass is 35.5. The molecule has 1 N–H and O–H groups in total. The van der Waals surface area contributed by atoms with Crippen molar-refractivity contribution in [2.45, 2.75) is 32.4 Å². The highest BCUT2D eigenvalue weighted by molar-refractivity contribution is 7.16.